The van der Waals surface area contributed by atoms with Gasteiger partial charge in [0.25, 0.3) is 0 Å². The van der Waals surface area contributed by atoms with Crippen LogP contribution in [0.25, 0.3) is 0 Å². The molecule has 0 aliphatic heterocycles. The minimum Gasteiger partial charge on any atom is -0.354 e. The number of hydrogen-bond acceptors (Lipinski definition) is 2. The number of carbonyl (C=O) groups excluding carboxylic acids is 1. The van der Waals surface area contributed by atoms with Crippen molar-refractivity contribution in [3.63, 3.8) is 0 Å². The molecule has 1 unspecified atom stereocenters. The van der Waals surface area contributed by atoms with Gasteiger partial charge < -0.3 is 5.32 Å². The van der Waals surface area contributed by atoms with Gasteiger partial charge in [-0.2, -0.15) is 5.26 Å². The predicted octanol–water partition coefficient (Wildman–Crippen LogP) is 5.70. The number of rotatable bonds is 4. The number of carbonyl (C=O) groups is 1. The van der Waals surface area contributed by atoms with Crippen LogP contribution in [0.5, 0.6) is 0 Å². The molecule has 0 radical (unpaired) electrons. The normalized spacial score (nSPS) is 25.3. The molecule has 6 rings (SSSR count). The molecule has 0 saturated heterocycles. The Morgan fingerprint density at radius 3 is 2.19 bits per heavy atom. The molecule has 0 heterocycles. The first-order valence-electron chi connectivity index (χ1n) is 10.3. The maximum Gasteiger partial charge on any atom is 0.241 e. The van der Waals surface area contributed by atoms with E-state index in [1.54, 1.807) is 0 Å². The number of amides is 1. The van der Waals surface area contributed by atoms with E-state index in [-0.39, 0.29) is 11.8 Å². The number of fused-ring (bicyclic) bond motifs is 1. The van der Waals surface area contributed by atoms with Crippen molar-refractivity contribution in [2.75, 3.05) is 6.54 Å². The highest BCUT2D eigenvalue weighted by molar-refractivity contribution is 9.09. The summed E-state index contributed by atoms with van der Waals surface area (Å²) in [5, 5.41) is 14.1. The fourth-order valence-corrected chi connectivity index (χ4v) is 6.53. The molecule has 1 N–H and O–H groups in total. The molecule has 3 aromatic rings. The Hall–Kier alpha value is -2.61. The fraction of sp³-hybridized carbons (Fsp3) is 0.231. The lowest BCUT2D eigenvalue weighted by Crippen LogP contribution is -2.54. The maximum absolute atomic E-state index is 13.6. The van der Waals surface area contributed by atoms with Gasteiger partial charge in [0.15, 0.2) is 0 Å². The lowest BCUT2D eigenvalue weighted by atomic mass is 9.52. The molecule has 0 saturated carbocycles. The molecule has 0 aromatic heterocycles. The summed E-state index contributed by atoms with van der Waals surface area (Å²) < 4.78 is -0.557. The third-order valence-corrected chi connectivity index (χ3v) is 8.02. The van der Waals surface area contributed by atoms with Gasteiger partial charge in [0, 0.05) is 17.5 Å². The molecule has 154 valence electrons. The maximum atomic E-state index is 13.6. The lowest BCUT2D eigenvalue weighted by Gasteiger charge is -2.53. The van der Waals surface area contributed by atoms with Crippen LogP contribution in [0.3, 0.4) is 0 Å². The molecule has 3 aliphatic carbocycles. The molecular weight excluding hydrogens is 472 g/mol. The second-order valence-corrected chi connectivity index (χ2v) is 10.1. The van der Waals surface area contributed by atoms with Crippen molar-refractivity contribution in [1.29, 1.82) is 5.26 Å². The average Bonchev–Trinajstić information content (AvgIpc) is 2.80. The average molecular weight is 492 g/mol. The molecule has 3 aromatic carbocycles. The van der Waals surface area contributed by atoms with Crippen LogP contribution in [0.1, 0.15) is 40.2 Å². The van der Waals surface area contributed by atoms with Gasteiger partial charge in [0.05, 0.1) is 10.4 Å². The molecular formula is C26H20BrClN2O. The minimum absolute atomic E-state index is 0.207. The smallest absolute Gasteiger partial charge is 0.241 e. The minimum atomic E-state index is -1.17. The molecule has 2 bridgehead atoms. The van der Waals surface area contributed by atoms with E-state index < -0.39 is 9.74 Å². The Kier molecular flexibility index (Phi) is 4.92. The van der Waals surface area contributed by atoms with Gasteiger partial charge in [-0.1, -0.05) is 88.2 Å². The number of alkyl halides is 1. The number of nitrogens with one attached hydrogen (secondary N) is 1. The van der Waals surface area contributed by atoms with Crippen molar-refractivity contribution < 1.29 is 4.79 Å². The Morgan fingerprint density at radius 1 is 1.03 bits per heavy atom. The second kappa shape index (κ2) is 7.51. The zero-order valence-corrected chi connectivity index (χ0v) is 19.1. The molecule has 3 nitrogen and oxygen atoms in total. The van der Waals surface area contributed by atoms with Crippen LogP contribution in [-0.4, -0.2) is 12.5 Å². The zero-order valence-electron chi connectivity index (χ0n) is 16.7. The summed E-state index contributed by atoms with van der Waals surface area (Å²) in [6.45, 7) is 0.467. The largest absolute Gasteiger partial charge is 0.354 e. The van der Waals surface area contributed by atoms with E-state index in [0.717, 1.165) is 27.8 Å². The van der Waals surface area contributed by atoms with Crippen LogP contribution < -0.4 is 5.32 Å². The number of nitrogens with zero attached hydrogens (tertiary/aromatic N) is 1. The number of nitriles is 1. The molecule has 1 atom stereocenters. The quantitative estimate of drug-likeness (QED) is 0.476. The summed E-state index contributed by atoms with van der Waals surface area (Å²) in [7, 11) is 0. The van der Waals surface area contributed by atoms with Crippen LogP contribution in [0.2, 0.25) is 5.02 Å². The summed E-state index contributed by atoms with van der Waals surface area (Å²) >= 11 is 9.94. The second-order valence-electron chi connectivity index (χ2n) is 8.30. The third-order valence-electron chi connectivity index (χ3n) is 6.63. The Bertz CT molecular complexity index is 1170. The molecule has 0 fully saturated rings. The Labute approximate surface area is 195 Å². The van der Waals surface area contributed by atoms with Crippen LogP contribution in [-0.2, 0) is 15.5 Å². The van der Waals surface area contributed by atoms with E-state index in [9.17, 15) is 10.1 Å². The highest BCUT2D eigenvalue weighted by Crippen LogP contribution is 2.65. The van der Waals surface area contributed by atoms with Gasteiger partial charge in [-0.05, 0) is 52.8 Å². The van der Waals surface area contributed by atoms with Gasteiger partial charge in [-0.3, -0.25) is 4.79 Å². The van der Waals surface area contributed by atoms with Crippen molar-refractivity contribution in [1.82, 2.24) is 5.32 Å². The van der Waals surface area contributed by atoms with E-state index in [1.807, 2.05) is 48.5 Å². The van der Waals surface area contributed by atoms with Crippen molar-refractivity contribution in [3.05, 3.63) is 106 Å². The number of benzene rings is 3. The van der Waals surface area contributed by atoms with Crippen LogP contribution in [0.4, 0.5) is 0 Å². The number of halogens is 2. The van der Waals surface area contributed by atoms with Crippen LogP contribution in [0.15, 0.2) is 72.8 Å². The van der Waals surface area contributed by atoms with Crippen molar-refractivity contribution >= 4 is 33.4 Å². The van der Waals surface area contributed by atoms with Crippen molar-refractivity contribution in [2.45, 2.75) is 23.1 Å². The Balaban J connectivity index is 1.50. The first-order valence-corrected chi connectivity index (χ1v) is 11.5. The van der Waals surface area contributed by atoms with Crippen molar-refractivity contribution in [2.24, 2.45) is 5.41 Å². The van der Waals surface area contributed by atoms with Crippen molar-refractivity contribution in [3.8, 4) is 6.07 Å². The molecule has 0 spiro atoms. The van der Waals surface area contributed by atoms with E-state index in [4.69, 9.17) is 11.6 Å². The highest BCUT2D eigenvalue weighted by atomic mass is 79.9. The summed E-state index contributed by atoms with van der Waals surface area (Å²) in [5.74, 6) is -0.498. The first-order chi connectivity index (χ1) is 15.0. The van der Waals surface area contributed by atoms with Gasteiger partial charge in [-0.15, -0.1) is 0 Å². The first kappa shape index (κ1) is 20.3. The standard InChI is InChI=1S/C26H20BrClN2O/c27-26-15-25(16-29,24(31)30-14-13-17-9-11-18(28)12-10-17)23(19-5-1-3-7-21(19)26)20-6-2-4-8-22(20)26/h1-12,23H,13-15H2,(H,30,31). The summed E-state index contributed by atoms with van der Waals surface area (Å²) in [6.07, 6.45) is 1.09. The van der Waals surface area contributed by atoms with Crippen LogP contribution >= 0.6 is 27.5 Å². The topological polar surface area (TPSA) is 52.9 Å². The SMILES string of the molecule is N#CC1(C(=O)NCCc2ccc(Cl)cc2)CC2(Br)c3ccccc3C1c1ccccc12. The summed E-state index contributed by atoms with van der Waals surface area (Å²) in [4.78, 5) is 13.6. The zero-order chi connectivity index (χ0) is 21.6. The van der Waals surface area contributed by atoms with E-state index >= 15 is 0 Å². The lowest BCUT2D eigenvalue weighted by molar-refractivity contribution is -0.130. The van der Waals surface area contributed by atoms with Gasteiger partial charge >= 0.3 is 0 Å². The monoisotopic (exact) mass is 490 g/mol. The van der Waals surface area contributed by atoms with E-state index in [0.29, 0.717) is 24.4 Å². The van der Waals surface area contributed by atoms with E-state index in [2.05, 4.69) is 51.6 Å². The van der Waals surface area contributed by atoms with Gasteiger partial charge in [0.1, 0.15) is 5.41 Å². The third kappa shape index (κ3) is 3.03. The van der Waals surface area contributed by atoms with Gasteiger partial charge in [-0.25, -0.2) is 0 Å². The molecule has 3 aliphatic rings. The fourth-order valence-electron chi connectivity index (χ4n) is 5.23. The molecule has 1 amide bonds. The molecule has 31 heavy (non-hydrogen) atoms. The number of hydrogen-bond donors (Lipinski definition) is 1. The summed E-state index contributed by atoms with van der Waals surface area (Å²) in [5.41, 5.74) is 4.33. The summed E-state index contributed by atoms with van der Waals surface area (Å²) in [6, 6.07) is 26.4. The molecule has 5 heteroatoms. The highest BCUT2D eigenvalue weighted by Gasteiger charge is 2.62. The van der Waals surface area contributed by atoms with Crippen LogP contribution in [0, 0.1) is 16.7 Å². The predicted molar refractivity (Wildman–Crippen MR) is 125 cm³/mol. The Morgan fingerprint density at radius 2 is 1.61 bits per heavy atom. The van der Waals surface area contributed by atoms with Gasteiger partial charge in [0.2, 0.25) is 5.91 Å². The van der Waals surface area contributed by atoms with E-state index in [1.165, 1.54) is 0 Å².